The maximum atomic E-state index is 13.1. The van der Waals surface area contributed by atoms with E-state index in [-0.39, 0.29) is 17.6 Å². The number of ketones is 2. The van der Waals surface area contributed by atoms with Gasteiger partial charge in [0.05, 0.1) is 11.7 Å². The summed E-state index contributed by atoms with van der Waals surface area (Å²) in [6.45, 7) is 9.31. The lowest BCUT2D eigenvalue weighted by atomic mass is 9.71. The Kier molecular flexibility index (Phi) is 5.01. The fourth-order valence-electron chi connectivity index (χ4n) is 4.79. The third-order valence-corrected chi connectivity index (χ3v) is 6.21. The van der Waals surface area contributed by atoms with Crippen LogP contribution in [0.1, 0.15) is 78.1 Å². The molecule has 2 unspecified atom stereocenters. The molecule has 4 heteroatoms. The lowest BCUT2D eigenvalue weighted by molar-refractivity contribution is 0.0460. The number of nitrogens with one attached hydrogen (secondary N) is 1. The van der Waals surface area contributed by atoms with Gasteiger partial charge in [0.15, 0.2) is 11.6 Å². The standard InChI is InChI=1S/C21H30N2O2/c1-14-18(17(4)24)15(2)22-19(14)20(25)16(3)23-12-8-11-21(13-23)9-6-5-7-10-21/h5-6,16,22H,7-13H2,1-4H3. The van der Waals surface area contributed by atoms with Gasteiger partial charge in [-0.05, 0) is 77.3 Å². The summed E-state index contributed by atoms with van der Waals surface area (Å²) in [6, 6.07) is -0.153. The molecule has 0 bridgehead atoms. The molecule has 1 aromatic rings. The molecule has 3 rings (SSSR count). The number of likely N-dealkylation sites (tertiary alicyclic amines) is 1. The van der Waals surface area contributed by atoms with Gasteiger partial charge in [-0.15, -0.1) is 0 Å². The van der Waals surface area contributed by atoms with Gasteiger partial charge in [-0.25, -0.2) is 0 Å². The smallest absolute Gasteiger partial charge is 0.196 e. The van der Waals surface area contributed by atoms with Crippen molar-refractivity contribution in [3.63, 3.8) is 0 Å². The van der Waals surface area contributed by atoms with Crippen molar-refractivity contribution in [1.82, 2.24) is 9.88 Å². The van der Waals surface area contributed by atoms with E-state index in [1.807, 2.05) is 20.8 Å². The topological polar surface area (TPSA) is 53.2 Å². The largest absolute Gasteiger partial charge is 0.355 e. The van der Waals surface area contributed by atoms with Crippen molar-refractivity contribution >= 4 is 11.6 Å². The first-order valence-corrected chi connectivity index (χ1v) is 9.48. The Morgan fingerprint density at radius 1 is 1.24 bits per heavy atom. The van der Waals surface area contributed by atoms with Gasteiger partial charge in [0.25, 0.3) is 0 Å². The van der Waals surface area contributed by atoms with Crippen LogP contribution in [0.4, 0.5) is 0 Å². The molecule has 1 aromatic heterocycles. The molecule has 0 saturated carbocycles. The third-order valence-electron chi connectivity index (χ3n) is 6.21. The third kappa shape index (κ3) is 3.37. The van der Waals surface area contributed by atoms with E-state index < -0.39 is 0 Å². The van der Waals surface area contributed by atoms with E-state index in [1.165, 1.54) is 12.8 Å². The van der Waals surface area contributed by atoms with Gasteiger partial charge in [0, 0.05) is 17.8 Å². The Morgan fingerprint density at radius 3 is 2.60 bits per heavy atom. The molecule has 1 aliphatic heterocycles. The molecular weight excluding hydrogens is 312 g/mol. The van der Waals surface area contributed by atoms with Gasteiger partial charge >= 0.3 is 0 Å². The first-order chi connectivity index (χ1) is 11.8. The van der Waals surface area contributed by atoms with Crippen molar-refractivity contribution in [2.24, 2.45) is 5.41 Å². The first-order valence-electron chi connectivity index (χ1n) is 9.48. The van der Waals surface area contributed by atoms with Crippen LogP contribution >= 0.6 is 0 Å². The molecule has 1 aliphatic carbocycles. The van der Waals surface area contributed by atoms with Crippen LogP contribution in [-0.4, -0.2) is 40.6 Å². The van der Waals surface area contributed by atoms with Crippen molar-refractivity contribution < 1.29 is 9.59 Å². The highest BCUT2D eigenvalue weighted by molar-refractivity contribution is 6.05. The molecule has 2 atom stereocenters. The molecule has 0 aromatic carbocycles. The molecular formula is C21H30N2O2. The highest BCUT2D eigenvalue weighted by atomic mass is 16.1. The number of carbonyl (C=O) groups is 2. The zero-order valence-corrected chi connectivity index (χ0v) is 15.9. The van der Waals surface area contributed by atoms with Gasteiger partial charge in [-0.1, -0.05) is 12.2 Å². The van der Waals surface area contributed by atoms with Crippen LogP contribution < -0.4 is 0 Å². The van der Waals surface area contributed by atoms with Crippen LogP contribution in [0.3, 0.4) is 0 Å². The van der Waals surface area contributed by atoms with E-state index in [9.17, 15) is 9.59 Å². The maximum Gasteiger partial charge on any atom is 0.196 e. The fourth-order valence-corrected chi connectivity index (χ4v) is 4.79. The number of Topliss-reactive ketones (excluding diaryl/α,β-unsaturated/α-hetero) is 2. The Bertz CT molecular complexity index is 716. The quantitative estimate of drug-likeness (QED) is 0.658. The molecule has 1 fully saturated rings. The minimum atomic E-state index is -0.153. The second kappa shape index (κ2) is 6.91. The molecule has 25 heavy (non-hydrogen) atoms. The summed E-state index contributed by atoms with van der Waals surface area (Å²) in [7, 11) is 0. The van der Waals surface area contributed by atoms with Crippen LogP contribution in [-0.2, 0) is 0 Å². The van der Waals surface area contributed by atoms with Crippen LogP contribution in [0.2, 0.25) is 0 Å². The van der Waals surface area contributed by atoms with Gasteiger partial charge in [-0.3, -0.25) is 14.5 Å². The minimum absolute atomic E-state index is 0.0175. The number of nitrogens with zero attached hydrogens (tertiary/aromatic N) is 1. The first kappa shape index (κ1) is 18.1. The highest BCUT2D eigenvalue weighted by Crippen LogP contribution is 2.41. The summed E-state index contributed by atoms with van der Waals surface area (Å²) >= 11 is 0. The number of H-pyrrole nitrogens is 1. The second-order valence-corrected chi connectivity index (χ2v) is 8.01. The molecule has 2 heterocycles. The monoisotopic (exact) mass is 342 g/mol. The molecule has 1 saturated heterocycles. The molecule has 1 N–H and O–H groups in total. The van der Waals surface area contributed by atoms with Gasteiger partial charge in [0.1, 0.15) is 0 Å². The number of rotatable bonds is 4. The van der Waals surface area contributed by atoms with E-state index in [0.29, 0.717) is 16.7 Å². The number of aromatic nitrogens is 1. The van der Waals surface area contributed by atoms with E-state index in [4.69, 9.17) is 0 Å². The van der Waals surface area contributed by atoms with Crippen LogP contribution in [0, 0.1) is 19.3 Å². The molecule has 136 valence electrons. The average molecular weight is 342 g/mol. The van der Waals surface area contributed by atoms with Crippen LogP contribution in [0.15, 0.2) is 12.2 Å². The number of aromatic amines is 1. The number of hydrogen-bond donors (Lipinski definition) is 1. The Hall–Kier alpha value is -1.68. The molecule has 4 nitrogen and oxygen atoms in total. The Morgan fingerprint density at radius 2 is 2.00 bits per heavy atom. The summed E-state index contributed by atoms with van der Waals surface area (Å²) < 4.78 is 0. The predicted molar refractivity (Wildman–Crippen MR) is 100 cm³/mol. The summed E-state index contributed by atoms with van der Waals surface area (Å²) in [5.41, 5.74) is 3.23. The van der Waals surface area contributed by atoms with Gasteiger partial charge < -0.3 is 4.98 Å². The zero-order chi connectivity index (χ0) is 18.2. The van der Waals surface area contributed by atoms with Crippen molar-refractivity contribution in [3.05, 3.63) is 34.7 Å². The van der Waals surface area contributed by atoms with Crippen molar-refractivity contribution in [1.29, 1.82) is 0 Å². The van der Waals surface area contributed by atoms with E-state index in [2.05, 4.69) is 22.0 Å². The van der Waals surface area contributed by atoms with Crippen LogP contribution in [0.25, 0.3) is 0 Å². The van der Waals surface area contributed by atoms with Gasteiger partial charge in [-0.2, -0.15) is 0 Å². The molecule has 2 aliphatic rings. The number of allylic oxidation sites excluding steroid dienone is 2. The Balaban J connectivity index is 1.80. The number of carbonyl (C=O) groups excluding carboxylic acids is 2. The summed E-state index contributed by atoms with van der Waals surface area (Å²) in [5.74, 6) is 0.125. The van der Waals surface area contributed by atoms with Crippen LogP contribution in [0.5, 0.6) is 0 Å². The van der Waals surface area contributed by atoms with E-state index in [0.717, 1.165) is 43.6 Å². The second-order valence-electron chi connectivity index (χ2n) is 8.01. The van der Waals surface area contributed by atoms with E-state index in [1.54, 1.807) is 6.92 Å². The SMILES string of the molecule is CC(=O)c1c(C)[nH]c(C(=O)C(C)N2CCCC3(CC=CCC3)C2)c1C. The predicted octanol–water partition coefficient (Wildman–Crippen LogP) is 4.23. The number of piperidine rings is 1. The number of aryl methyl sites for hydroxylation is 1. The Labute approximate surface area is 150 Å². The van der Waals surface area contributed by atoms with Crippen molar-refractivity contribution in [2.75, 3.05) is 13.1 Å². The average Bonchev–Trinajstić information content (AvgIpc) is 2.89. The molecule has 1 spiro atoms. The lowest BCUT2D eigenvalue weighted by Gasteiger charge is -2.45. The van der Waals surface area contributed by atoms with Crippen molar-refractivity contribution in [3.8, 4) is 0 Å². The summed E-state index contributed by atoms with van der Waals surface area (Å²) in [6.07, 6.45) is 10.6. The number of hydrogen-bond acceptors (Lipinski definition) is 3. The molecule has 0 radical (unpaired) electrons. The summed E-state index contributed by atoms with van der Waals surface area (Å²) in [4.78, 5) is 30.5. The minimum Gasteiger partial charge on any atom is -0.355 e. The maximum absolute atomic E-state index is 13.1. The van der Waals surface area contributed by atoms with E-state index >= 15 is 0 Å². The van der Waals surface area contributed by atoms with Gasteiger partial charge in [0.2, 0.25) is 0 Å². The normalized spacial score (nSPS) is 25.3. The molecule has 0 amide bonds. The van der Waals surface area contributed by atoms with Crippen molar-refractivity contribution in [2.45, 2.75) is 65.8 Å². The fraction of sp³-hybridized carbons (Fsp3) is 0.619. The summed E-state index contributed by atoms with van der Waals surface area (Å²) in [5, 5.41) is 0. The zero-order valence-electron chi connectivity index (χ0n) is 15.9. The highest BCUT2D eigenvalue weighted by Gasteiger charge is 2.38. The lowest BCUT2D eigenvalue weighted by Crippen LogP contribution is -2.50.